The minimum atomic E-state index is 0.658. The van der Waals surface area contributed by atoms with Crippen molar-refractivity contribution >= 4 is 0 Å². The molecule has 2 bridgehead atoms. The molecule has 0 aromatic heterocycles. The van der Waals surface area contributed by atoms with Crippen molar-refractivity contribution < 1.29 is 0 Å². The Kier molecular flexibility index (Phi) is 2.13. The molecule has 1 unspecified atom stereocenters. The van der Waals surface area contributed by atoms with E-state index in [-0.39, 0.29) is 0 Å². The first-order valence-electron chi connectivity index (χ1n) is 5.27. The van der Waals surface area contributed by atoms with Crippen molar-refractivity contribution in [2.45, 2.75) is 58.2 Å². The summed E-state index contributed by atoms with van der Waals surface area (Å²) in [4.78, 5) is 0. The van der Waals surface area contributed by atoms with E-state index in [2.05, 4.69) is 31.2 Å². The number of hydrogen-bond donors (Lipinski definition) is 1. The minimum absolute atomic E-state index is 0.658. The van der Waals surface area contributed by atoms with Gasteiger partial charge in [-0.3, -0.25) is 5.43 Å². The van der Waals surface area contributed by atoms with E-state index in [9.17, 15) is 0 Å². The molecular formula is C10H20N2. The lowest BCUT2D eigenvalue weighted by atomic mass is 9.72. The van der Waals surface area contributed by atoms with Crippen molar-refractivity contribution in [3.63, 3.8) is 0 Å². The van der Waals surface area contributed by atoms with E-state index in [0.29, 0.717) is 6.04 Å². The number of fused-ring (bicyclic) bond motifs is 2. The van der Waals surface area contributed by atoms with E-state index in [1.54, 1.807) is 0 Å². The highest BCUT2D eigenvalue weighted by atomic mass is 15.6. The summed E-state index contributed by atoms with van der Waals surface area (Å²) in [5.41, 5.74) is 3.64. The Hall–Kier alpha value is -0.0800. The van der Waals surface area contributed by atoms with Crippen LogP contribution in [0.5, 0.6) is 0 Å². The molecule has 0 spiro atoms. The fraction of sp³-hybridized carbons (Fsp3) is 1.00. The smallest absolute Gasteiger partial charge is 0.0253 e. The molecule has 2 heteroatoms. The van der Waals surface area contributed by atoms with Crippen LogP contribution >= 0.6 is 0 Å². The highest BCUT2D eigenvalue weighted by Gasteiger charge is 2.44. The fourth-order valence-corrected chi connectivity index (χ4v) is 2.58. The second-order valence-electron chi connectivity index (χ2n) is 4.53. The van der Waals surface area contributed by atoms with Gasteiger partial charge in [-0.1, -0.05) is 6.92 Å². The number of hydrogen-bond acceptors (Lipinski definition) is 2. The molecule has 1 atom stereocenters. The van der Waals surface area contributed by atoms with Gasteiger partial charge in [-0.2, -0.15) is 0 Å². The molecule has 0 radical (unpaired) electrons. The predicted octanol–water partition coefficient (Wildman–Crippen LogP) is 1.77. The van der Waals surface area contributed by atoms with E-state index in [0.717, 1.165) is 18.0 Å². The zero-order valence-corrected chi connectivity index (χ0v) is 8.38. The number of nitrogens with zero attached hydrogens (tertiary/aromatic N) is 1. The van der Waals surface area contributed by atoms with Crippen LogP contribution in [0.2, 0.25) is 0 Å². The molecule has 0 aromatic rings. The maximum atomic E-state index is 3.64. The van der Waals surface area contributed by atoms with Crippen LogP contribution in [-0.4, -0.2) is 23.1 Å². The average Bonchev–Trinajstić information content (AvgIpc) is 2.01. The lowest BCUT2D eigenvalue weighted by Gasteiger charge is -2.55. The molecule has 1 aliphatic carbocycles. The van der Waals surface area contributed by atoms with Gasteiger partial charge in [-0.05, 0) is 39.0 Å². The van der Waals surface area contributed by atoms with Crippen molar-refractivity contribution in [1.29, 1.82) is 0 Å². The van der Waals surface area contributed by atoms with Crippen molar-refractivity contribution in [3.8, 4) is 0 Å². The summed E-state index contributed by atoms with van der Waals surface area (Å²) in [5.74, 6) is 0.981. The molecule has 1 N–H and O–H groups in total. The van der Waals surface area contributed by atoms with Gasteiger partial charge < -0.3 is 0 Å². The first-order valence-corrected chi connectivity index (χ1v) is 5.27. The van der Waals surface area contributed by atoms with E-state index in [1.807, 2.05) is 0 Å². The summed E-state index contributed by atoms with van der Waals surface area (Å²) >= 11 is 0. The first-order chi connectivity index (χ1) is 5.72. The third-order valence-corrected chi connectivity index (χ3v) is 3.42. The van der Waals surface area contributed by atoms with Crippen LogP contribution in [-0.2, 0) is 0 Å². The molecule has 12 heavy (non-hydrogen) atoms. The van der Waals surface area contributed by atoms with Crippen LogP contribution < -0.4 is 5.43 Å². The maximum absolute atomic E-state index is 3.64. The van der Waals surface area contributed by atoms with E-state index >= 15 is 0 Å². The summed E-state index contributed by atoms with van der Waals surface area (Å²) in [6, 6.07) is 2.26. The predicted molar refractivity (Wildman–Crippen MR) is 50.7 cm³/mol. The zero-order valence-electron chi connectivity index (χ0n) is 8.38. The van der Waals surface area contributed by atoms with Gasteiger partial charge >= 0.3 is 0 Å². The van der Waals surface area contributed by atoms with Crippen LogP contribution in [0.3, 0.4) is 0 Å². The van der Waals surface area contributed by atoms with Crippen molar-refractivity contribution in [2.24, 2.45) is 5.92 Å². The first kappa shape index (κ1) is 8.52. The minimum Gasteiger partial charge on any atom is -0.251 e. The van der Waals surface area contributed by atoms with Gasteiger partial charge in [0, 0.05) is 18.1 Å². The molecule has 3 fully saturated rings. The van der Waals surface area contributed by atoms with E-state index in [4.69, 9.17) is 0 Å². The van der Waals surface area contributed by atoms with Crippen molar-refractivity contribution in [3.05, 3.63) is 0 Å². The summed E-state index contributed by atoms with van der Waals surface area (Å²) in [6.45, 7) is 6.84. The van der Waals surface area contributed by atoms with Crippen LogP contribution in [0.15, 0.2) is 0 Å². The highest BCUT2D eigenvalue weighted by Crippen LogP contribution is 2.39. The monoisotopic (exact) mass is 168 g/mol. The Morgan fingerprint density at radius 2 is 2.08 bits per heavy atom. The molecule has 70 valence electrons. The Morgan fingerprint density at radius 3 is 2.58 bits per heavy atom. The maximum Gasteiger partial charge on any atom is 0.0253 e. The normalized spacial score (nSPS) is 41.5. The van der Waals surface area contributed by atoms with Gasteiger partial charge in [0.25, 0.3) is 0 Å². The molecule has 0 amide bonds. The SMILES string of the molecule is CCC1NN(C(C)C)C2CC1C2. The molecule has 2 heterocycles. The second kappa shape index (κ2) is 3.00. The molecule has 3 aliphatic rings. The van der Waals surface area contributed by atoms with E-state index < -0.39 is 0 Å². The zero-order chi connectivity index (χ0) is 8.72. The number of rotatable bonds is 2. The largest absolute Gasteiger partial charge is 0.251 e. The summed E-state index contributed by atoms with van der Waals surface area (Å²) in [6.07, 6.45) is 4.15. The van der Waals surface area contributed by atoms with Crippen LogP contribution in [0.4, 0.5) is 0 Å². The Morgan fingerprint density at radius 1 is 1.42 bits per heavy atom. The van der Waals surface area contributed by atoms with Crippen molar-refractivity contribution in [2.75, 3.05) is 0 Å². The average molecular weight is 168 g/mol. The van der Waals surface area contributed by atoms with Crippen LogP contribution in [0.25, 0.3) is 0 Å². The Labute approximate surface area is 75.3 Å². The summed E-state index contributed by atoms with van der Waals surface area (Å²) in [7, 11) is 0. The van der Waals surface area contributed by atoms with E-state index in [1.165, 1.54) is 19.3 Å². The van der Waals surface area contributed by atoms with Gasteiger partial charge in [0.2, 0.25) is 0 Å². The number of nitrogens with one attached hydrogen (secondary N) is 1. The third-order valence-electron chi connectivity index (χ3n) is 3.42. The van der Waals surface area contributed by atoms with Gasteiger partial charge in [-0.15, -0.1) is 0 Å². The quantitative estimate of drug-likeness (QED) is 0.676. The van der Waals surface area contributed by atoms with Crippen LogP contribution in [0, 0.1) is 5.92 Å². The lowest BCUT2D eigenvalue weighted by molar-refractivity contribution is -0.0830. The molecule has 2 aliphatic heterocycles. The van der Waals surface area contributed by atoms with Gasteiger partial charge in [0.15, 0.2) is 0 Å². The van der Waals surface area contributed by atoms with Gasteiger partial charge in [-0.25, -0.2) is 5.01 Å². The van der Waals surface area contributed by atoms with Crippen LogP contribution in [0.1, 0.15) is 40.0 Å². The Bertz CT molecular complexity index is 161. The molecule has 0 aromatic carbocycles. The third kappa shape index (κ3) is 1.17. The molecule has 2 saturated heterocycles. The van der Waals surface area contributed by atoms with Gasteiger partial charge in [0.05, 0.1) is 0 Å². The molecular weight excluding hydrogens is 148 g/mol. The number of hydrazine groups is 1. The standard InChI is InChI=1S/C10H20N2/c1-4-10-8-5-9(6-8)12(11-10)7(2)3/h7-11H,4-6H2,1-3H3. The molecule has 3 rings (SSSR count). The molecule has 1 saturated carbocycles. The fourth-order valence-electron chi connectivity index (χ4n) is 2.58. The highest BCUT2D eigenvalue weighted by molar-refractivity contribution is 4.97. The molecule has 2 nitrogen and oxygen atoms in total. The lowest BCUT2D eigenvalue weighted by Crippen LogP contribution is -2.67. The topological polar surface area (TPSA) is 15.3 Å². The van der Waals surface area contributed by atoms with Crippen molar-refractivity contribution in [1.82, 2.24) is 10.4 Å². The summed E-state index contributed by atoms with van der Waals surface area (Å²) in [5, 5.41) is 2.47. The summed E-state index contributed by atoms with van der Waals surface area (Å²) < 4.78 is 0. The Balaban J connectivity index is 1.99. The second-order valence-corrected chi connectivity index (χ2v) is 4.53. The van der Waals surface area contributed by atoms with Gasteiger partial charge in [0.1, 0.15) is 0 Å².